The standard InChI is InChI=1S/C17H19NO2/c1-12-8-7-9-13(2)15(12)18-17(19)16(20-3)14-10-5-4-6-11-14/h4-11,16H,1-3H3,(H,18,19)/t16-/m1/s1. The molecular formula is C17H19NO2. The maximum atomic E-state index is 12.4. The maximum absolute atomic E-state index is 12.4. The third kappa shape index (κ3) is 3.06. The molecule has 0 aliphatic carbocycles. The number of carbonyl (C=O) groups is 1. The van der Waals surface area contributed by atoms with Crippen molar-refractivity contribution in [1.82, 2.24) is 0 Å². The van der Waals surface area contributed by atoms with E-state index >= 15 is 0 Å². The number of hydrogen-bond donors (Lipinski definition) is 1. The molecule has 0 aliphatic heterocycles. The predicted octanol–water partition coefficient (Wildman–Crippen LogP) is 3.63. The summed E-state index contributed by atoms with van der Waals surface area (Å²) in [4.78, 5) is 12.4. The van der Waals surface area contributed by atoms with Crippen LogP contribution in [-0.2, 0) is 9.53 Å². The fraction of sp³-hybridized carbons (Fsp3) is 0.235. The molecule has 0 bridgehead atoms. The van der Waals surface area contributed by atoms with Gasteiger partial charge in [-0.1, -0.05) is 48.5 Å². The lowest BCUT2D eigenvalue weighted by Gasteiger charge is -2.18. The van der Waals surface area contributed by atoms with Crippen LogP contribution < -0.4 is 5.32 Å². The van der Waals surface area contributed by atoms with E-state index in [2.05, 4.69) is 5.32 Å². The monoisotopic (exact) mass is 269 g/mol. The molecule has 104 valence electrons. The molecule has 0 saturated carbocycles. The zero-order valence-corrected chi connectivity index (χ0v) is 12.0. The minimum atomic E-state index is -0.602. The van der Waals surface area contributed by atoms with Crippen LogP contribution in [0.5, 0.6) is 0 Å². The molecule has 2 aromatic rings. The fourth-order valence-corrected chi connectivity index (χ4v) is 2.22. The Morgan fingerprint density at radius 2 is 1.60 bits per heavy atom. The molecule has 0 unspecified atom stereocenters. The number of ether oxygens (including phenoxy) is 1. The molecule has 2 rings (SSSR count). The summed E-state index contributed by atoms with van der Waals surface area (Å²) in [6.45, 7) is 3.96. The van der Waals surface area contributed by atoms with Crippen molar-refractivity contribution in [2.24, 2.45) is 0 Å². The highest BCUT2D eigenvalue weighted by Crippen LogP contribution is 2.23. The third-order valence-electron chi connectivity index (χ3n) is 3.31. The highest BCUT2D eigenvalue weighted by Gasteiger charge is 2.20. The number of rotatable bonds is 4. The molecule has 20 heavy (non-hydrogen) atoms. The van der Waals surface area contributed by atoms with Crippen molar-refractivity contribution in [2.75, 3.05) is 12.4 Å². The number of amides is 1. The predicted molar refractivity (Wildman–Crippen MR) is 80.7 cm³/mol. The van der Waals surface area contributed by atoms with Gasteiger partial charge in [0.05, 0.1) is 0 Å². The van der Waals surface area contributed by atoms with Crippen LogP contribution >= 0.6 is 0 Å². The van der Waals surface area contributed by atoms with Crippen molar-refractivity contribution < 1.29 is 9.53 Å². The summed E-state index contributed by atoms with van der Waals surface area (Å²) in [6, 6.07) is 15.4. The summed E-state index contributed by atoms with van der Waals surface area (Å²) in [6.07, 6.45) is -0.602. The van der Waals surface area contributed by atoms with E-state index in [9.17, 15) is 4.79 Å². The number of methoxy groups -OCH3 is 1. The van der Waals surface area contributed by atoms with Gasteiger partial charge in [0.1, 0.15) is 0 Å². The average molecular weight is 269 g/mol. The number of nitrogens with one attached hydrogen (secondary N) is 1. The van der Waals surface area contributed by atoms with E-state index in [1.165, 1.54) is 0 Å². The van der Waals surface area contributed by atoms with Crippen LogP contribution in [0.25, 0.3) is 0 Å². The van der Waals surface area contributed by atoms with Crippen LogP contribution in [0.2, 0.25) is 0 Å². The van der Waals surface area contributed by atoms with Crippen LogP contribution in [-0.4, -0.2) is 13.0 Å². The zero-order valence-electron chi connectivity index (χ0n) is 12.0. The summed E-state index contributed by atoms with van der Waals surface area (Å²) in [5.41, 5.74) is 3.79. The van der Waals surface area contributed by atoms with E-state index in [1.54, 1.807) is 7.11 Å². The highest BCUT2D eigenvalue weighted by atomic mass is 16.5. The minimum absolute atomic E-state index is 0.156. The molecule has 1 atom stereocenters. The summed E-state index contributed by atoms with van der Waals surface area (Å²) in [5, 5.41) is 2.96. The molecule has 1 N–H and O–H groups in total. The maximum Gasteiger partial charge on any atom is 0.258 e. The van der Waals surface area contributed by atoms with E-state index in [0.717, 1.165) is 22.4 Å². The Balaban J connectivity index is 2.23. The zero-order chi connectivity index (χ0) is 14.5. The van der Waals surface area contributed by atoms with E-state index in [0.29, 0.717) is 0 Å². The topological polar surface area (TPSA) is 38.3 Å². The van der Waals surface area contributed by atoms with Crippen molar-refractivity contribution in [3.8, 4) is 0 Å². The van der Waals surface area contributed by atoms with Gasteiger partial charge in [0.25, 0.3) is 5.91 Å². The number of hydrogen-bond acceptors (Lipinski definition) is 2. The molecule has 0 fully saturated rings. The van der Waals surface area contributed by atoms with Crippen LogP contribution in [0.15, 0.2) is 48.5 Å². The quantitative estimate of drug-likeness (QED) is 0.920. The van der Waals surface area contributed by atoms with Crippen molar-refractivity contribution in [3.05, 3.63) is 65.2 Å². The second kappa shape index (κ2) is 6.35. The first-order valence-corrected chi connectivity index (χ1v) is 6.58. The Labute approximate surface area is 119 Å². The molecule has 3 heteroatoms. The first-order valence-electron chi connectivity index (χ1n) is 6.58. The van der Waals surface area contributed by atoms with Gasteiger partial charge < -0.3 is 10.1 Å². The number of carbonyl (C=O) groups excluding carboxylic acids is 1. The summed E-state index contributed by atoms with van der Waals surface area (Å²) in [5.74, 6) is -0.156. The van der Waals surface area contributed by atoms with Gasteiger partial charge in [-0.25, -0.2) is 0 Å². The molecule has 2 aromatic carbocycles. The third-order valence-corrected chi connectivity index (χ3v) is 3.31. The van der Waals surface area contributed by atoms with E-state index < -0.39 is 6.10 Å². The second-order valence-electron chi connectivity index (χ2n) is 4.78. The molecule has 0 saturated heterocycles. The van der Waals surface area contributed by atoms with Crippen molar-refractivity contribution >= 4 is 11.6 Å². The Hall–Kier alpha value is -2.13. The van der Waals surface area contributed by atoms with Gasteiger partial charge >= 0.3 is 0 Å². The first-order chi connectivity index (χ1) is 9.63. The SMILES string of the molecule is CO[C@@H](C(=O)Nc1c(C)cccc1C)c1ccccc1. The van der Waals surface area contributed by atoms with Crippen molar-refractivity contribution in [2.45, 2.75) is 20.0 Å². The van der Waals surface area contributed by atoms with E-state index in [1.807, 2.05) is 62.4 Å². The second-order valence-corrected chi connectivity index (χ2v) is 4.78. The van der Waals surface area contributed by atoms with Gasteiger partial charge in [0.15, 0.2) is 6.10 Å². The largest absolute Gasteiger partial charge is 0.367 e. The lowest BCUT2D eigenvalue weighted by molar-refractivity contribution is -0.126. The minimum Gasteiger partial charge on any atom is -0.367 e. The van der Waals surface area contributed by atoms with Gasteiger partial charge in [-0.05, 0) is 30.5 Å². The average Bonchev–Trinajstić information content (AvgIpc) is 2.45. The molecule has 0 aliphatic rings. The van der Waals surface area contributed by atoms with Crippen LogP contribution in [0.1, 0.15) is 22.8 Å². The normalized spacial score (nSPS) is 11.9. The molecule has 3 nitrogen and oxygen atoms in total. The molecule has 1 amide bonds. The molecular weight excluding hydrogens is 250 g/mol. The van der Waals surface area contributed by atoms with Crippen LogP contribution in [0, 0.1) is 13.8 Å². The molecule has 0 heterocycles. The summed E-state index contributed by atoms with van der Waals surface area (Å²) >= 11 is 0. The Morgan fingerprint density at radius 3 is 2.15 bits per heavy atom. The van der Waals surface area contributed by atoms with Crippen LogP contribution in [0.4, 0.5) is 5.69 Å². The number of para-hydroxylation sites is 1. The Bertz CT molecular complexity index is 573. The number of aryl methyl sites for hydroxylation is 2. The van der Waals surface area contributed by atoms with E-state index in [4.69, 9.17) is 4.74 Å². The molecule has 0 aromatic heterocycles. The van der Waals surface area contributed by atoms with Gasteiger partial charge in [0.2, 0.25) is 0 Å². The Kier molecular flexibility index (Phi) is 4.53. The lowest BCUT2D eigenvalue weighted by Crippen LogP contribution is -2.23. The van der Waals surface area contributed by atoms with Gasteiger partial charge in [-0.3, -0.25) is 4.79 Å². The van der Waals surface area contributed by atoms with Crippen LogP contribution in [0.3, 0.4) is 0 Å². The summed E-state index contributed by atoms with van der Waals surface area (Å²) < 4.78 is 5.34. The highest BCUT2D eigenvalue weighted by molar-refractivity contribution is 5.96. The van der Waals surface area contributed by atoms with Crippen molar-refractivity contribution in [1.29, 1.82) is 0 Å². The fourth-order valence-electron chi connectivity index (χ4n) is 2.22. The first kappa shape index (κ1) is 14.3. The van der Waals surface area contributed by atoms with E-state index in [-0.39, 0.29) is 5.91 Å². The summed E-state index contributed by atoms with van der Waals surface area (Å²) in [7, 11) is 1.54. The molecule has 0 spiro atoms. The van der Waals surface area contributed by atoms with Gasteiger partial charge in [0, 0.05) is 12.8 Å². The van der Waals surface area contributed by atoms with Crippen molar-refractivity contribution in [3.63, 3.8) is 0 Å². The smallest absolute Gasteiger partial charge is 0.258 e. The number of anilines is 1. The number of benzene rings is 2. The Morgan fingerprint density at radius 1 is 1.00 bits per heavy atom. The van der Waals surface area contributed by atoms with Gasteiger partial charge in [-0.2, -0.15) is 0 Å². The molecule has 0 radical (unpaired) electrons. The van der Waals surface area contributed by atoms with Gasteiger partial charge in [-0.15, -0.1) is 0 Å². The lowest BCUT2D eigenvalue weighted by atomic mass is 10.1.